The number of rotatable bonds is 14. The molecule has 1 unspecified atom stereocenters. The van der Waals surface area contributed by atoms with E-state index in [4.69, 9.17) is 9.47 Å². The maximum Gasteiger partial charge on any atom is 0.330 e. The van der Waals surface area contributed by atoms with E-state index in [0.717, 1.165) is 49.2 Å². The Labute approximate surface area is 266 Å². The second-order valence-electron chi connectivity index (χ2n) is 11.6. The first-order valence-corrected chi connectivity index (χ1v) is 15.7. The highest BCUT2D eigenvalue weighted by molar-refractivity contribution is 5.86. The van der Waals surface area contributed by atoms with Gasteiger partial charge in [0.15, 0.2) is 0 Å². The molecule has 0 fully saturated rings. The Morgan fingerprint density at radius 3 is 1.69 bits per heavy atom. The van der Waals surface area contributed by atoms with Gasteiger partial charge in [-0.25, -0.2) is 9.59 Å². The van der Waals surface area contributed by atoms with Gasteiger partial charge in [-0.1, -0.05) is 81.6 Å². The molecule has 0 radical (unpaired) electrons. The minimum absolute atomic E-state index is 0.0641. The molecule has 0 aromatic heterocycles. The second kappa shape index (κ2) is 14.3. The first-order valence-electron chi connectivity index (χ1n) is 15.7. The third-order valence-electron chi connectivity index (χ3n) is 8.81. The SMILES string of the molecule is C=CC(=O)OCCCc1ccc(N(c2ccc(CCCOC(=O)C=C)cc2)c2ccc3c(c2)C(C)(CC)c2ccccc2-3)cc1. The first-order chi connectivity index (χ1) is 21.9. The van der Waals surface area contributed by atoms with Gasteiger partial charge in [-0.05, 0) is 102 Å². The lowest BCUT2D eigenvalue weighted by Crippen LogP contribution is -2.20. The summed E-state index contributed by atoms with van der Waals surface area (Å²) in [6.45, 7) is 12.3. The zero-order valence-electron chi connectivity index (χ0n) is 26.3. The van der Waals surface area contributed by atoms with Gasteiger partial charge < -0.3 is 14.4 Å². The van der Waals surface area contributed by atoms with Gasteiger partial charge in [0.05, 0.1) is 13.2 Å². The molecular weight excluding hydrogens is 558 g/mol. The highest BCUT2D eigenvalue weighted by atomic mass is 16.5. The summed E-state index contributed by atoms with van der Waals surface area (Å²) < 4.78 is 10.3. The lowest BCUT2D eigenvalue weighted by atomic mass is 9.78. The molecule has 0 saturated carbocycles. The summed E-state index contributed by atoms with van der Waals surface area (Å²) in [6.07, 6.45) is 6.51. The Balaban J connectivity index is 1.44. The number of anilines is 3. The fourth-order valence-corrected chi connectivity index (χ4v) is 6.17. The van der Waals surface area contributed by atoms with Gasteiger partial charge in [-0.15, -0.1) is 0 Å². The number of benzene rings is 4. The molecule has 0 amide bonds. The summed E-state index contributed by atoms with van der Waals surface area (Å²) in [4.78, 5) is 25.0. The largest absolute Gasteiger partial charge is 0.463 e. The van der Waals surface area contributed by atoms with Crippen molar-refractivity contribution in [3.8, 4) is 11.1 Å². The maximum absolute atomic E-state index is 11.4. The van der Waals surface area contributed by atoms with E-state index in [-0.39, 0.29) is 17.4 Å². The third-order valence-corrected chi connectivity index (χ3v) is 8.81. The standard InChI is InChI=1S/C40H41NO4/c1-5-38(42)44-26-10-12-29-16-20-31(21-17-29)41(32-22-18-30(19-23-32)13-11-27-45-39(43)6-2)33-24-25-35-34-14-8-9-15-36(34)40(4,7-3)37(35)28-33/h5-6,8-9,14-25,28H,1-2,7,10-13,26-27H2,3-4H3. The van der Waals surface area contributed by atoms with Crippen molar-refractivity contribution in [1.29, 1.82) is 0 Å². The van der Waals surface area contributed by atoms with Crippen molar-refractivity contribution in [2.24, 2.45) is 0 Å². The zero-order valence-corrected chi connectivity index (χ0v) is 26.3. The van der Waals surface area contributed by atoms with Crippen molar-refractivity contribution in [3.63, 3.8) is 0 Å². The van der Waals surface area contributed by atoms with Crippen LogP contribution in [0.1, 0.15) is 55.4 Å². The molecule has 0 saturated heterocycles. The number of ether oxygens (including phenoxy) is 2. The van der Waals surface area contributed by atoms with Gasteiger partial charge in [0.25, 0.3) is 0 Å². The minimum Gasteiger partial charge on any atom is -0.463 e. The van der Waals surface area contributed by atoms with Crippen LogP contribution in [0.25, 0.3) is 11.1 Å². The molecule has 0 bridgehead atoms. The van der Waals surface area contributed by atoms with Crippen LogP contribution in [0.5, 0.6) is 0 Å². The van der Waals surface area contributed by atoms with E-state index in [9.17, 15) is 9.59 Å². The predicted octanol–water partition coefficient (Wildman–Crippen LogP) is 9.18. The second-order valence-corrected chi connectivity index (χ2v) is 11.6. The van der Waals surface area contributed by atoms with Crippen molar-refractivity contribution in [2.45, 2.75) is 51.4 Å². The molecule has 0 aliphatic heterocycles. The molecule has 230 valence electrons. The number of carbonyl (C=O) groups is 2. The van der Waals surface area contributed by atoms with Gasteiger partial charge in [0, 0.05) is 34.6 Å². The highest BCUT2D eigenvalue weighted by Gasteiger charge is 2.38. The fraction of sp³-hybridized carbons (Fsp3) is 0.250. The average Bonchev–Trinajstić information content (AvgIpc) is 3.34. The van der Waals surface area contributed by atoms with Crippen LogP contribution < -0.4 is 4.90 Å². The topological polar surface area (TPSA) is 55.8 Å². The number of hydrogen-bond acceptors (Lipinski definition) is 5. The number of carbonyl (C=O) groups excluding carboxylic acids is 2. The van der Waals surface area contributed by atoms with Crippen LogP contribution in [-0.2, 0) is 37.3 Å². The van der Waals surface area contributed by atoms with Crippen molar-refractivity contribution in [1.82, 2.24) is 0 Å². The molecule has 0 heterocycles. The average molecular weight is 600 g/mol. The van der Waals surface area contributed by atoms with Gasteiger partial charge in [-0.3, -0.25) is 0 Å². The molecule has 4 aromatic rings. The Morgan fingerprint density at radius 1 is 0.689 bits per heavy atom. The van der Waals surface area contributed by atoms with Gasteiger partial charge in [0.1, 0.15) is 0 Å². The van der Waals surface area contributed by atoms with Crippen LogP contribution in [0.4, 0.5) is 17.1 Å². The van der Waals surface area contributed by atoms with Crippen LogP contribution in [0, 0.1) is 0 Å². The molecule has 45 heavy (non-hydrogen) atoms. The smallest absolute Gasteiger partial charge is 0.330 e. The van der Waals surface area contributed by atoms with Crippen molar-refractivity contribution >= 4 is 29.0 Å². The van der Waals surface area contributed by atoms with E-state index in [0.29, 0.717) is 13.2 Å². The molecule has 0 N–H and O–H groups in total. The number of fused-ring (bicyclic) bond motifs is 3. The molecule has 1 atom stereocenters. The van der Waals surface area contributed by atoms with Gasteiger partial charge >= 0.3 is 11.9 Å². The normalized spacial score (nSPS) is 14.6. The molecule has 5 nitrogen and oxygen atoms in total. The molecule has 0 spiro atoms. The van der Waals surface area contributed by atoms with E-state index < -0.39 is 0 Å². The van der Waals surface area contributed by atoms with Crippen molar-refractivity contribution in [3.05, 3.63) is 139 Å². The molecular formula is C40H41NO4. The monoisotopic (exact) mass is 599 g/mol. The van der Waals surface area contributed by atoms with Crippen LogP contribution in [0.2, 0.25) is 0 Å². The minimum atomic E-state index is -0.389. The van der Waals surface area contributed by atoms with E-state index in [2.05, 4.69) is 123 Å². The van der Waals surface area contributed by atoms with Gasteiger partial charge in [0.2, 0.25) is 0 Å². The quantitative estimate of drug-likeness (QED) is 0.0822. The van der Waals surface area contributed by atoms with Crippen LogP contribution in [0.15, 0.2) is 116 Å². The van der Waals surface area contributed by atoms with Crippen molar-refractivity contribution < 1.29 is 19.1 Å². The summed E-state index contributed by atoms with van der Waals surface area (Å²) in [5, 5.41) is 0. The van der Waals surface area contributed by atoms with E-state index >= 15 is 0 Å². The Bertz CT molecular complexity index is 1600. The predicted molar refractivity (Wildman–Crippen MR) is 182 cm³/mol. The van der Waals surface area contributed by atoms with E-state index in [1.807, 2.05) is 0 Å². The number of aryl methyl sites for hydroxylation is 2. The Morgan fingerprint density at radius 2 is 1.18 bits per heavy atom. The first kappa shape index (κ1) is 31.5. The highest BCUT2D eigenvalue weighted by Crippen LogP contribution is 2.52. The fourth-order valence-electron chi connectivity index (χ4n) is 6.17. The Hall–Kier alpha value is -4.90. The summed E-state index contributed by atoms with van der Waals surface area (Å²) in [5.74, 6) is -0.778. The lowest BCUT2D eigenvalue weighted by Gasteiger charge is -2.29. The van der Waals surface area contributed by atoms with Crippen LogP contribution in [0.3, 0.4) is 0 Å². The number of esters is 2. The zero-order chi connectivity index (χ0) is 31.8. The summed E-state index contributed by atoms with van der Waals surface area (Å²) in [6, 6.07) is 32.9. The van der Waals surface area contributed by atoms with Crippen molar-refractivity contribution in [2.75, 3.05) is 18.1 Å². The summed E-state index contributed by atoms with van der Waals surface area (Å²) in [5.41, 5.74) is 10.9. The molecule has 5 heteroatoms. The van der Waals surface area contributed by atoms with Crippen LogP contribution >= 0.6 is 0 Å². The Kier molecular flexibility index (Phi) is 9.99. The number of nitrogens with zero attached hydrogens (tertiary/aromatic N) is 1. The van der Waals surface area contributed by atoms with Crippen LogP contribution in [-0.4, -0.2) is 25.2 Å². The molecule has 4 aromatic carbocycles. The summed E-state index contributed by atoms with van der Waals surface area (Å²) in [7, 11) is 0. The summed E-state index contributed by atoms with van der Waals surface area (Å²) >= 11 is 0. The third kappa shape index (κ3) is 6.93. The lowest BCUT2D eigenvalue weighted by molar-refractivity contribution is -0.138. The molecule has 1 aliphatic carbocycles. The maximum atomic E-state index is 11.4. The van der Waals surface area contributed by atoms with E-state index in [1.165, 1.54) is 45.5 Å². The van der Waals surface area contributed by atoms with E-state index in [1.54, 1.807) is 0 Å². The van der Waals surface area contributed by atoms with Gasteiger partial charge in [-0.2, -0.15) is 0 Å². The number of hydrogen-bond donors (Lipinski definition) is 0. The molecule has 1 aliphatic rings. The molecule has 5 rings (SSSR count).